The van der Waals surface area contributed by atoms with Crippen molar-refractivity contribution < 1.29 is 4.57 Å². The molecule has 4 rings (SSSR count). The molecular formula is C18H21OP. The highest BCUT2D eigenvalue weighted by atomic mass is 31.2. The van der Waals surface area contributed by atoms with Gasteiger partial charge in [-0.15, -0.1) is 0 Å². The molecule has 1 atom stereocenters. The van der Waals surface area contributed by atoms with Crippen molar-refractivity contribution in [3.8, 4) is 0 Å². The van der Waals surface area contributed by atoms with Crippen molar-refractivity contribution in [1.29, 1.82) is 0 Å². The van der Waals surface area contributed by atoms with Crippen molar-refractivity contribution in [1.82, 2.24) is 0 Å². The fraction of sp³-hybridized carbons (Fsp3) is 0.444. The van der Waals surface area contributed by atoms with Crippen LogP contribution >= 0.6 is 7.14 Å². The fourth-order valence-electron chi connectivity index (χ4n) is 4.21. The van der Waals surface area contributed by atoms with Crippen LogP contribution in [0.2, 0.25) is 0 Å². The first-order valence-electron chi connectivity index (χ1n) is 7.89. The summed E-state index contributed by atoms with van der Waals surface area (Å²) >= 11 is 0. The van der Waals surface area contributed by atoms with Crippen LogP contribution in [0.4, 0.5) is 0 Å². The van der Waals surface area contributed by atoms with E-state index < -0.39 is 7.14 Å². The molecule has 1 heterocycles. The lowest BCUT2D eigenvalue weighted by atomic mass is 10.0. The van der Waals surface area contributed by atoms with Gasteiger partial charge in [0.25, 0.3) is 0 Å². The number of fused-ring (bicyclic) bond motifs is 3. The van der Waals surface area contributed by atoms with E-state index in [1.165, 1.54) is 53.7 Å². The van der Waals surface area contributed by atoms with Crippen LogP contribution < -0.4 is 5.30 Å². The van der Waals surface area contributed by atoms with Crippen molar-refractivity contribution in [2.75, 3.05) is 6.16 Å². The first kappa shape index (κ1) is 12.7. The normalized spacial score (nSPS) is 26.8. The van der Waals surface area contributed by atoms with Gasteiger partial charge in [-0.05, 0) is 35.6 Å². The van der Waals surface area contributed by atoms with E-state index >= 15 is 0 Å². The molecule has 0 bridgehead atoms. The van der Waals surface area contributed by atoms with Gasteiger partial charge in [0.15, 0.2) is 0 Å². The summed E-state index contributed by atoms with van der Waals surface area (Å²) in [6, 6.07) is 12.9. The number of aryl methyl sites for hydroxylation is 1. The first-order valence-corrected chi connectivity index (χ1v) is 9.85. The summed E-state index contributed by atoms with van der Waals surface area (Å²) in [5.74, 6) is 0. The molecule has 1 fully saturated rings. The van der Waals surface area contributed by atoms with Crippen LogP contribution in [0.15, 0.2) is 36.4 Å². The molecule has 1 aliphatic carbocycles. The summed E-state index contributed by atoms with van der Waals surface area (Å²) in [6.45, 7) is 0. The lowest BCUT2D eigenvalue weighted by molar-refractivity contribution is 0.487. The smallest absolute Gasteiger partial charge is 0.119 e. The molecule has 0 N–H and O–H groups in total. The average molecular weight is 284 g/mol. The number of benzene rings is 2. The van der Waals surface area contributed by atoms with E-state index in [-0.39, 0.29) is 0 Å². The second kappa shape index (κ2) is 4.74. The molecule has 1 aliphatic heterocycles. The van der Waals surface area contributed by atoms with E-state index in [1.54, 1.807) is 0 Å². The van der Waals surface area contributed by atoms with Crippen molar-refractivity contribution in [3.63, 3.8) is 0 Å². The largest absolute Gasteiger partial charge is 0.318 e. The van der Waals surface area contributed by atoms with Gasteiger partial charge < -0.3 is 4.57 Å². The van der Waals surface area contributed by atoms with E-state index in [0.717, 1.165) is 12.6 Å². The minimum Gasteiger partial charge on any atom is -0.318 e. The Kier molecular flexibility index (Phi) is 3.00. The van der Waals surface area contributed by atoms with Gasteiger partial charge in [-0.25, -0.2) is 0 Å². The third-order valence-electron chi connectivity index (χ3n) is 5.24. The molecule has 1 nitrogen and oxygen atoms in total. The molecule has 1 saturated carbocycles. The monoisotopic (exact) mass is 284 g/mol. The predicted octanol–water partition coefficient (Wildman–Crippen LogP) is 4.72. The predicted molar refractivity (Wildman–Crippen MR) is 86.6 cm³/mol. The molecule has 104 valence electrons. The lowest BCUT2D eigenvalue weighted by Gasteiger charge is -2.29. The maximum Gasteiger partial charge on any atom is 0.119 e. The summed E-state index contributed by atoms with van der Waals surface area (Å²) in [4.78, 5) is 0. The lowest BCUT2D eigenvalue weighted by Crippen LogP contribution is -2.20. The maximum atomic E-state index is 13.8. The van der Waals surface area contributed by atoms with Crippen LogP contribution in [0.5, 0.6) is 0 Å². The van der Waals surface area contributed by atoms with E-state index in [2.05, 4.69) is 36.4 Å². The van der Waals surface area contributed by atoms with Crippen LogP contribution in [0.1, 0.15) is 37.7 Å². The zero-order valence-corrected chi connectivity index (χ0v) is 12.7. The molecule has 2 aromatic carbocycles. The van der Waals surface area contributed by atoms with Gasteiger partial charge in [-0.3, -0.25) is 0 Å². The minimum absolute atomic E-state index is 0.461. The topological polar surface area (TPSA) is 17.1 Å². The third-order valence-corrected chi connectivity index (χ3v) is 9.11. The van der Waals surface area contributed by atoms with E-state index in [1.807, 2.05) is 0 Å². The van der Waals surface area contributed by atoms with Gasteiger partial charge in [-0.1, -0.05) is 55.7 Å². The van der Waals surface area contributed by atoms with E-state index in [0.29, 0.717) is 5.66 Å². The Morgan fingerprint density at radius 2 is 1.75 bits per heavy atom. The van der Waals surface area contributed by atoms with Crippen molar-refractivity contribution >= 4 is 23.2 Å². The molecule has 0 aromatic heterocycles. The summed E-state index contributed by atoms with van der Waals surface area (Å²) in [6.07, 6.45) is 8.18. The Morgan fingerprint density at radius 1 is 0.950 bits per heavy atom. The highest BCUT2D eigenvalue weighted by molar-refractivity contribution is 7.73. The quantitative estimate of drug-likeness (QED) is 0.693. The molecule has 0 amide bonds. The van der Waals surface area contributed by atoms with Gasteiger partial charge in [0.1, 0.15) is 7.14 Å². The van der Waals surface area contributed by atoms with Gasteiger partial charge in [-0.2, -0.15) is 0 Å². The molecule has 2 heteroatoms. The Hall–Kier alpha value is -1.07. The second-order valence-corrected chi connectivity index (χ2v) is 9.57. The third kappa shape index (κ3) is 1.79. The van der Waals surface area contributed by atoms with Crippen molar-refractivity contribution in [2.24, 2.45) is 0 Å². The SMILES string of the molecule is O=P1(C2CCCCC2)CCc2ccc3ccccc3c21. The van der Waals surface area contributed by atoms with E-state index in [9.17, 15) is 4.57 Å². The Balaban J connectivity index is 1.91. The van der Waals surface area contributed by atoms with Gasteiger partial charge in [0.2, 0.25) is 0 Å². The van der Waals surface area contributed by atoms with Crippen LogP contribution in [0.25, 0.3) is 10.8 Å². The summed E-state index contributed by atoms with van der Waals surface area (Å²) < 4.78 is 13.8. The number of rotatable bonds is 1. The summed E-state index contributed by atoms with van der Waals surface area (Å²) in [5, 5.41) is 3.77. The molecule has 2 aromatic rings. The first-order chi connectivity index (χ1) is 9.79. The standard InChI is InChI=1S/C18H21OP/c19-20(16-7-2-1-3-8-16)13-12-15-11-10-14-6-4-5-9-17(14)18(15)20/h4-6,9-11,16H,1-3,7-8,12-13H2. The minimum atomic E-state index is -2.18. The molecule has 0 spiro atoms. The summed E-state index contributed by atoms with van der Waals surface area (Å²) in [7, 11) is -2.18. The molecule has 0 radical (unpaired) electrons. The fourth-order valence-corrected chi connectivity index (χ4v) is 8.22. The molecular weight excluding hydrogens is 263 g/mol. The van der Waals surface area contributed by atoms with Crippen LogP contribution in [0, 0.1) is 0 Å². The number of hydrogen-bond donors (Lipinski definition) is 0. The van der Waals surface area contributed by atoms with Crippen LogP contribution in [0.3, 0.4) is 0 Å². The highest BCUT2D eigenvalue weighted by Crippen LogP contribution is 2.59. The second-order valence-electron chi connectivity index (χ2n) is 6.36. The molecule has 20 heavy (non-hydrogen) atoms. The molecule has 1 unspecified atom stereocenters. The van der Waals surface area contributed by atoms with Gasteiger partial charge in [0, 0.05) is 17.1 Å². The number of hydrogen-bond acceptors (Lipinski definition) is 1. The van der Waals surface area contributed by atoms with Gasteiger partial charge >= 0.3 is 0 Å². The van der Waals surface area contributed by atoms with Crippen LogP contribution in [-0.2, 0) is 11.0 Å². The van der Waals surface area contributed by atoms with Crippen molar-refractivity contribution in [3.05, 3.63) is 42.0 Å². The van der Waals surface area contributed by atoms with Gasteiger partial charge in [0.05, 0.1) is 0 Å². The Bertz CT molecular complexity index is 698. The Labute approximate surface area is 120 Å². The molecule has 0 saturated heterocycles. The highest BCUT2D eigenvalue weighted by Gasteiger charge is 2.41. The summed E-state index contributed by atoms with van der Waals surface area (Å²) in [5.41, 5.74) is 1.82. The molecule has 2 aliphatic rings. The maximum absolute atomic E-state index is 13.8. The average Bonchev–Trinajstić information content (AvgIpc) is 2.87. The zero-order valence-electron chi connectivity index (χ0n) is 11.8. The van der Waals surface area contributed by atoms with E-state index in [4.69, 9.17) is 0 Å². The van der Waals surface area contributed by atoms with Crippen LogP contribution in [-0.4, -0.2) is 11.8 Å². The zero-order chi connectivity index (χ0) is 13.6. The Morgan fingerprint density at radius 3 is 2.60 bits per heavy atom. The van der Waals surface area contributed by atoms with Crippen molar-refractivity contribution in [2.45, 2.75) is 44.2 Å².